The van der Waals surface area contributed by atoms with Gasteiger partial charge in [-0.05, 0) is 49.2 Å². The Hall–Kier alpha value is -3.61. The maximum absolute atomic E-state index is 12.8. The van der Waals surface area contributed by atoms with E-state index in [2.05, 4.69) is 0 Å². The lowest BCUT2D eigenvalue weighted by Crippen LogP contribution is -2.21. The molecule has 3 heterocycles. The molecule has 0 radical (unpaired) electrons. The van der Waals surface area contributed by atoms with E-state index in [-0.39, 0.29) is 29.8 Å². The first-order chi connectivity index (χ1) is 14.3. The molecular weight excluding hydrogens is 384 g/mol. The summed E-state index contributed by atoms with van der Waals surface area (Å²) in [6.07, 6.45) is 0.122. The summed E-state index contributed by atoms with van der Waals surface area (Å²) in [6.45, 7) is 3.65. The summed E-state index contributed by atoms with van der Waals surface area (Å²) in [5.74, 6) is 0.314. The van der Waals surface area contributed by atoms with Crippen LogP contribution < -0.4 is 15.2 Å². The number of hydrogen-bond acceptors (Lipinski definition) is 5. The lowest BCUT2D eigenvalue weighted by Gasteiger charge is -2.26. The van der Waals surface area contributed by atoms with Crippen LogP contribution in [0.4, 0.5) is 0 Å². The summed E-state index contributed by atoms with van der Waals surface area (Å²) >= 11 is 0. The number of ether oxygens (including phenoxy) is 2. The van der Waals surface area contributed by atoms with E-state index in [1.807, 2.05) is 32.0 Å². The summed E-state index contributed by atoms with van der Waals surface area (Å²) in [5.41, 5.74) is 4.27. The highest BCUT2D eigenvalue weighted by molar-refractivity contribution is 6.13. The number of fused-ring (bicyclic) bond motifs is 4. The maximum atomic E-state index is 12.8. The molecule has 5 rings (SSSR count). The number of benzene rings is 2. The molecule has 0 N–H and O–H groups in total. The van der Waals surface area contributed by atoms with Crippen LogP contribution in [0.25, 0.3) is 11.0 Å². The molecule has 1 aromatic heterocycles. The molecule has 0 saturated carbocycles. The number of ketones is 1. The van der Waals surface area contributed by atoms with Gasteiger partial charge in [-0.15, -0.1) is 0 Å². The van der Waals surface area contributed by atoms with Crippen molar-refractivity contribution in [3.05, 3.63) is 68.8 Å². The number of rotatable bonds is 1. The van der Waals surface area contributed by atoms with Gasteiger partial charge in [0, 0.05) is 25.6 Å². The van der Waals surface area contributed by atoms with Gasteiger partial charge in [-0.1, -0.05) is 6.07 Å². The van der Waals surface area contributed by atoms with E-state index in [0.717, 1.165) is 22.2 Å². The first-order valence-corrected chi connectivity index (χ1v) is 9.71. The molecule has 2 aromatic carbocycles. The fraction of sp³-hybridized carbons (Fsp3) is 0.261. The molecule has 0 unspecified atom stereocenters. The zero-order valence-corrected chi connectivity index (χ0v) is 17.1. The Morgan fingerprint density at radius 2 is 1.70 bits per heavy atom. The van der Waals surface area contributed by atoms with E-state index in [4.69, 9.17) is 9.47 Å². The number of carbonyl (C=O) groups is 2. The van der Waals surface area contributed by atoms with Crippen molar-refractivity contribution in [1.29, 1.82) is 0 Å². The van der Waals surface area contributed by atoms with Crippen LogP contribution in [0.3, 0.4) is 0 Å². The maximum Gasteiger partial charge on any atom is 0.328 e. The standard InChI is InChI=1S/C23H20N2O5/c1-11(2)21-20(27)13-6-8-17-19(22(13)30-21)14(10-18(26)29-17)12-5-7-15-16(9-12)25(4)23(28)24(15)3/h5-9,14H,10H2,1-4H3/t14-/m0/s1. The fourth-order valence-electron chi connectivity index (χ4n) is 4.35. The third kappa shape index (κ3) is 2.41. The van der Waals surface area contributed by atoms with Gasteiger partial charge in [0.05, 0.1) is 23.0 Å². The zero-order valence-electron chi connectivity index (χ0n) is 17.1. The average molecular weight is 404 g/mol. The predicted molar refractivity (Wildman–Crippen MR) is 110 cm³/mol. The van der Waals surface area contributed by atoms with Crippen LogP contribution in [0, 0.1) is 0 Å². The molecule has 0 bridgehead atoms. The van der Waals surface area contributed by atoms with Crippen molar-refractivity contribution in [3.63, 3.8) is 0 Å². The van der Waals surface area contributed by atoms with Gasteiger partial charge in [-0.25, -0.2) is 4.79 Å². The van der Waals surface area contributed by atoms with Crippen molar-refractivity contribution in [2.24, 2.45) is 14.1 Å². The monoisotopic (exact) mass is 404 g/mol. The van der Waals surface area contributed by atoms with Gasteiger partial charge >= 0.3 is 11.7 Å². The Kier molecular flexibility index (Phi) is 3.80. The van der Waals surface area contributed by atoms with Gasteiger partial charge < -0.3 is 9.47 Å². The van der Waals surface area contributed by atoms with E-state index >= 15 is 0 Å². The molecule has 0 fully saturated rings. The largest absolute Gasteiger partial charge is 0.452 e. The molecule has 2 aliphatic rings. The zero-order chi connectivity index (χ0) is 21.3. The summed E-state index contributed by atoms with van der Waals surface area (Å²) in [7, 11) is 3.45. The number of Topliss-reactive ketones (excluding diaryl/α,β-unsaturated/α-hetero) is 1. The topological polar surface area (TPSA) is 79.5 Å². The second-order valence-electron chi connectivity index (χ2n) is 7.99. The van der Waals surface area contributed by atoms with Crippen LogP contribution in [0.5, 0.6) is 11.5 Å². The van der Waals surface area contributed by atoms with Gasteiger partial charge in [0.1, 0.15) is 11.5 Å². The Morgan fingerprint density at radius 1 is 0.967 bits per heavy atom. The number of imidazole rings is 1. The molecule has 7 nitrogen and oxygen atoms in total. The summed E-state index contributed by atoms with van der Waals surface area (Å²) < 4.78 is 14.6. The van der Waals surface area contributed by atoms with Crippen molar-refractivity contribution >= 4 is 22.8 Å². The molecule has 7 heteroatoms. The smallest absolute Gasteiger partial charge is 0.328 e. The first-order valence-electron chi connectivity index (χ1n) is 9.71. The summed E-state index contributed by atoms with van der Waals surface area (Å²) in [5, 5.41) is 0. The van der Waals surface area contributed by atoms with Crippen LogP contribution >= 0.6 is 0 Å². The van der Waals surface area contributed by atoms with Crippen molar-refractivity contribution in [2.45, 2.75) is 26.2 Å². The van der Waals surface area contributed by atoms with Crippen LogP contribution in [0.1, 0.15) is 47.7 Å². The highest BCUT2D eigenvalue weighted by atomic mass is 16.5. The van der Waals surface area contributed by atoms with Gasteiger partial charge in [0.2, 0.25) is 5.78 Å². The Bertz CT molecular complexity index is 1370. The quantitative estimate of drug-likeness (QED) is 0.354. The minimum atomic E-state index is -0.347. The van der Waals surface area contributed by atoms with Crippen molar-refractivity contribution in [3.8, 4) is 11.5 Å². The number of allylic oxidation sites excluding steroid dienone is 2. The number of aromatic nitrogens is 2. The van der Waals surface area contributed by atoms with E-state index < -0.39 is 0 Å². The molecule has 0 saturated heterocycles. The summed E-state index contributed by atoms with van der Waals surface area (Å²) in [6, 6.07) is 9.01. The number of carbonyl (C=O) groups excluding carboxylic acids is 2. The average Bonchev–Trinajstić information content (AvgIpc) is 3.17. The minimum Gasteiger partial charge on any atom is -0.452 e. The van der Waals surface area contributed by atoms with Crippen LogP contribution in [0.15, 0.2) is 46.5 Å². The van der Waals surface area contributed by atoms with Gasteiger partial charge in [-0.2, -0.15) is 0 Å². The minimum absolute atomic E-state index is 0.117. The predicted octanol–water partition coefficient (Wildman–Crippen LogP) is 3.19. The van der Waals surface area contributed by atoms with E-state index in [1.165, 1.54) is 0 Å². The van der Waals surface area contributed by atoms with Gasteiger partial charge in [-0.3, -0.25) is 18.7 Å². The number of aryl methyl sites for hydroxylation is 2. The lowest BCUT2D eigenvalue weighted by atomic mass is 9.84. The molecule has 1 atom stereocenters. The Balaban J connectivity index is 1.74. The SMILES string of the molecule is CC(C)=C1Oc2c(ccc3c2[C@H](c2ccc4c(c2)n(C)c(=O)n4C)CC(=O)O3)C1=O. The Morgan fingerprint density at radius 3 is 2.43 bits per heavy atom. The molecule has 30 heavy (non-hydrogen) atoms. The lowest BCUT2D eigenvalue weighted by molar-refractivity contribution is -0.135. The second kappa shape index (κ2) is 6.19. The summed E-state index contributed by atoms with van der Waals surface area (Å²) in [4.78, 5) is 37.4. The highest BCUT2D eigenvalue weighted by Gasteiger charge is 2.38. The molecule has 0 aliphatic carbocycles. The molecular formula is C23H20N2O5. The van der Waals surface area contributed by atoms with Crippen LogP contribution in [-0.4, -0.2) is 20.9 Å². The van der Waals surface area contributed by atoms with Crippen molar-refractivity contribution < 1.29 is 19.1 Å². The molecule has 0 amide bonds. The van der Waals surface area contributed by atoms with Crippen LogP contribution in [-0.2, 0) is 18.9 Å². The van der Waals surface area contributed by atoms with E-state index in [9.17, 15) is 14.4 Å². The second-order valence-corrected chi connectivity index (χ2v) is 7.99. The molecule has 152 valence electrons. The normalized spacial score (nSPS) is 17.6. The number of hydrogen-bond donors (Lipinski definition) is 0. The van der Waals surface area contributed by atoms with Crippen molar-refractivity contribution in [1.82, 2.24) is 9.13 Å². The van der Waals surface area contributed by atoms with Crippen molar-refractivity contribution in [2.75, 3.05) is 0 Å². The Labute approximate surface area is 172 Å². The van der Waals surface area contributed by atoms with Crippen LogP contribution in [0.2, 0.25) is 0 Å². The van der Waals surface area contributed by atoms with Gasteiger partial charge in [0.25, 0.3) is 0 Å². The highest BCUT2D eigenvalue weighted by Crippen LogP contribution is 2.49. The molecule has 2 aliphatic heterocycles. The van der Waals surface area contributed by atoms with Gasteiger partial charge in [0.15, 0.2) is 5.76 Å². The molecule has 0 spiro atoms. The number of nitrogens with zero attached hydrogens (tertiary/aromatic N) is 2. The molecule has 3 aromatic rings. The number of esters is 1. The van der Waals surface area contributed by atoms with E-state index in [1.54, 1.807) is 35.4 Å². The van der Waals surface area contributed by atoms with E-state index in [0.29, 0.717) is 28.4 Å². The fourth-order valence-corrected chi connectivity index (χ4v) is 4.35. The third-order valence-electron chi connectivity index (χ3n) is 5.91. The first kappa shape index (κ1) is 18.4. The third-order valence-corrected chi connectivity index (χ3v) is 5.91.